The molecule has 0 fully saturated rings. The van der Waals surface area contributed by atoms with Crippen molar-refractivity contribution in [2.45, 2.75) is 19.2 Å². The zero-order chi connectivity index (χ0) is 13.3. The SMILES string of the molecule is CCN1C(=O)COc2ccc(C(=O)[C@H](C)Cl)cc21. The molecule has 2 rings (SSSR count). The lowest BCUT2D eigenvalue weighted by atomic mass is 10.1. The third-order valence-electron chi connectivity index (χ3n) is 2.86. The van der Waals surface area contributed by atoms with Crippen molar-refractivity contribution in [1.29, 1.82) is 0 Å². The van der Waals surface area contributed by atoms with Gasteiger partial charge in [0.2, 0.25) is 0 Å². The number of benzene rings is 1. The highest BCUT2D eigenvalue weighted by atomic mass is 35.5. The predicted octanol–water partition coefficient (Wildman–Crippen LogP) is 2.24. The van der Waals surface area contributed by atoms with Crippen molar-refractivity contribution in [3.8, 4) is 5.75 Å². The van der Waals surface area contributed by atoms with Gasteiger partial charge in [0.05, 0.1) is 11.1 Å². The molecule has 0 saturated heterocycles. The number of carbonyl (C=O) groups excluding carboxylic acids is 2. The zero-order valence-corrected chi connectivity index (χ0v) is 11.0. The zero-order valence-electron chi connectivity index (χ0n) is 10.3. The van der Waals surface area contributed by atoms with E-state index in [4.69, 9.17) is 16.3 Å². The average Bonchev–Trinajstić information content (AvgIpc) is 2.37. The van der Waals surface area contributed by atoms with Crippen LogP contribution in [0.15, 0.2) is 18.2 Å². The van der Waals surface area contributed by atoms with Crippen molar-refractivity contribution < 1.29 is 14.3 Å². The molecule has 18 heavy (non-hydrogen) atoms. The number of carbonyl (C=O) groups is 2. The van der Waals surface area contributed by atoms with Crippen molar-refractivity contribution in [3.05, 3.63) is 23.8 Å². The van der Waals surface area contributed by atoms with Crippen LogP contribution in [0.25, 0.3) is 0 Å². The van der Waals surface area contributed by atoms with Gasteiger partial charge < -0.3 is 9.64 Å². The first-order chi connectivity index (χ1) is 8.54. The lowest BCUT2D eigenvalue weighted by Gasteiger charge is -2.28. The number of Topliss-reactive ketones (excluding diaryl/α,β-unsaturated/α-hetero) is 1. The van der Waals surface area contributed by atoms with Crippen molar-refractivity contribution in [1.82, 2.24) is 0 Å². The Morgan fingerprint density at radius 3 is 2.89 bits per heavy atom. The van der Waals surface area contributed by atoms with E-state index in [2.05, 4.69) is 0 Å². The number of ketones is 1. The van der Waals surface area contributed by atoms with Gasteiger partial charge in [-0.25, -0.2) is 0 Å². The minimum absolute atomic E-state index is 0.0417. The molecule has 0 aliphatic carbocycles. The van der Waals surface area contributed by atoms with Crippen molar-refractivity contribution in [3.63, 3.8) is 0 Å². The van der Waals surface area contributed by atoms with Crippen LogP contribution >= 0.6 is 11.6 Å². The van der Waals surface area contributed by atoms with E-state index in [1.54, 1.807) is 30.0 Å². The maximum atomic E-state index is 11.8. The fraction of sp³-hybridized carbons (Fsp3) is 0.385. The number of amides is 1. The molecule has 0 N–H and O–H groups in total. The number of alkyl halides is 1. The third kappa shape index (κ3) is 2.20. The second-order valence-corrected chi connectivity index (χ2v) is 4.74. The molecule has 4 nitrogen and oxygen atoms in total. The Balaban J connectivity index is 2.44. The number of nitrogens with zero attached hydrogens (tertiary/aromatic N) is 1. The molecule has 1 heterocycles. The molecule has 0 saturated carbocycles. The lowest BCUT2D eigenvalue weighted by Crippen LogP contribution is -2.38. The molecule has 1 atom stereocenters. The Bertz CT molecular complexity index is 499. The predicted molar refractivity (Wildman–Crippen MR) is 69.6 cm³/mol. The first kappa shape index (κ1) is 12.9. The largest absolute Gasteiger partial charge is 0.482 e. The molecule has 5 heteroatoms. The molecule has 1 aromatic rings. The smallest absolute Gasteiger partial charge is 0.265 e. The number of halogens is 1. The first-order valence-electron chi connectivity index (χ1n) is 5.80. The van der Waals surface area contributed by atoms with Crippen LogP contribution in [0, 0.1) is 0 Å². The van der Waals surface area contributed by atoms with E-state index in [0.29, 0.717) is 23.5 Å². The number of hydrogen-bond donors (Lipinski definition) is 0. The fourth-order valence-corrected chi connectivity index (χ4v) is 2.06. The van der Waals surface area contributed by atoms with Crippen molar-refractivity contribution >= 4 is 29.0 Å². The van der Waals surface area contributed by atoms with Crippen molar-refractivity contribution in [2.24, 2.45) is 0 Å². The molecule has 1 aliphatic rings. The average molecular weight is 268 g/mol. The molecular weight excluding hydrogens is 254 g/mol. The molecule has 1 aromatic carbocycles. The molecular formula is C13H14ClNO3. The number of hydrogen-bond acceptors (Lipinski definition) is 3. The monoisotopic (exact) mass is 267 g/mol. The topological polar surface area (TPSA) is 46.6 Å². The minimum Gasteiger partial charge on any atom is -0.482 e. The highest BCUT2D eigenvalue weighted by Gasteiger charge is 2.25. The second-order valence-electron chi connectivity index (χ2n) is 4.09. The number of fused-ring (bicyclic) bond motifs is 1. The highest BCUT2D eigenvalue weighted by molar-refractivity contribution is 6.33. The lowest BCUT2D eigenvalue weighted by molar-refractivity contribution is -0.121. The van der Waals surface area contributed by atoms with Gasteiger partial charge in [0.1, 0.15) is 5.75 Å². The van der Waals surface area contributed by atoms with Crippen LogP contribution in [0.3, 0.4) is 0 Å². The minimum atomic E-state index is -0.585. The summed E-state index contributed by atoms with van der Waals surface area (Å²) in [4.78, 5) is 25.1. The van der Waals surface area contributed by atoms with Gasteiger partial charge in [-0.2, -0.15) is 0 Å². The van der Waals surface area contributed by atoms with E-state index < -0.39 is 5.38 Å². The summed E-state index contributed by atoms with van der Waals surface area (Å²) < 4.78 is 5.33. The summed E-state index contributed by atoms with van der Waals surface area (Å²) in [6.45, 7) is 4.09. The number of likely N-dealkylation sites (N-methyl/N-ethyl adjacent to an activating group) is 1. The van der Waals surface area contributed by atoms with E-state index in [0.717, 1.165) is 0 Å². The number of ether oxygens (including phenoxy) is 1. The van der Waals surface area contributed by atoms with Crippen LogP contribution < -0.4 is 9.64 Å². The second kappa shape index (κ2) is 4.98. The van der Waals surface area contributed by atoms with Crippen LogP contribution in [-0.4, -0.2) is 30.2 Å². The van der Waals surface area contributed by atoms with E-state index >= 15 is 0 Å². The van der Waals surface area contributed by atoms with Gasteiger partial charge in [0.25, 0.3) is 5.91 Å². The summed E-state index contributed by atoms with van der Waals surface area (Å²) in [5, 5.41) is -0.585. The van der Waals surface area contributed by atoms with E-state index in [9.17, 15) is 9.59 Å². The molecule has 0 aromatic heterocycles. The quantitative estimate of drug-likeness (QED) is 0.623. The molecule has 0 bridgehead atoms. The van der Waals surface area contributed by atoms with Gasteiger partial charge in [-0.15, -0.1) is 11.6 Å². The standard InChI is InChI=1S/C13H14ClNO3/c1-3-15-10-6-9(13(17)8(2)14)4-5-11(10)18-7-12(15)16/h4-6,8H,3,7H2,1-2H3/t8-/m0/s1. The maximum absolute atomic E-state index is 11.8. The van der Waals surface area contributed by atoms with Gasteiger partial charge in [0, 0.05) is 12.1 Å². The summed E-state index contributed by atoms with van der Waals surface area (Å²) >= 11 is 5.78. The molecule has 1 amide bonds. The van der Waals surface area contributed by atoms with Gasteiger partial charge in [0.15, 0.2) is 12.4 Å². The Labute approximate surface area is 110 Å². The normalized spacial score (nSPS) is 15.9. The Morgan fingerprint density at radius 1 is 1.56 bits per heavy atom. The Kier molecular flexibility index (Phi) is 3.57. The fourth-order valence-electron chi connectivity index (χ4n) is 1.93. The number of anilines is 1. The summed E-state index contributed by atoms with van der Waals surface area (Å²) in [5.41, 5.74) is 1.13. The molecule has 96 valence electrons. The van der Waals surface area contributed by atoms with Gasteiger partial charge in [-0.3, -0.25) is 9.59 Å². The first-order valence-corrected chi connectivity index (χ1v) is 6.23. The number of rotatable bonds is 3. The van der Waals surface area contributed by atoms with Crippen LogP contribution in [0.4, 0.5) is 5.69 Å². The van der Waals surface area contributed by atoms with Gasteiger partial charge >= 0.3 is 0 Å². The third-order valence-corrected chi connectivity index (χ3v) is 3.06. The summed E-state index contributed by atoms with van der Waals surface area (Å²) in [6, 6.07) is 5.04. The summed E-state index contributed by atoms with van der Waals surface area (Å²) in [7, 11) is 0. The van der Waals surface area contributed by atoms with Crippen LogP contribution in [0.2, 0.25) is 0 Å². The maximum Gasteiger partial charge on any atom is 0.265 e. The van der Waals surface area contributed by atoms with Gasteiger partial charge in [-0.1, -0.05) is 0 Å². The van der Waals surface area contributed by atoms with Gasteiger partial charge in [-0.05, 0) is 32.0 Å². The van der Waals surface area contributed by atoms with Crippen LogP contribution in [0.5, 0.6) is 5.75 Å². The van der Waals surface area contributed by atoms with E-state index in [-0.39, 0.29) is 18.3 Å². The van der Waals surface area contributed by atoms with E-state index in [1.807, 2.05) is 6.92 Å². The Morgan fingerprint density at radius 2 is 2.28 bits per heavy atom. The van der Waals surface area contributed by atoms with Crippen molar-refractivity contribution in [2.75, 3.05) is 18.1 Å². The summed E-state index contributed by atoms with van der Waals surface area (Å²) in [6.07, 6.45) is 0. The Hall–Kier alpha value is -1.55. The molecule has 1 aliphatic heterocycles. The summed E-state index contributed by atoms with van der Waals surface area (Å²) in [5.74, 6) is 0.359. The van der Waals surface area contributed by atoms with E-state index in [1.165, 1.54) is 0 Å². The highest BCUT2D eigenvalue weighted by Crippen LogP contribution is 2.33. The van der Waals surface area contributed by atoms with Crippen LogP contribution in [-0.2, 0) is 4.79 Å². The molecule has 0 radical (unpaired) electrons. The van der Waals surface area contributed by atoms with Crippen LogP contribution in [0.1, 0.15) is 24.2 Å². The molecule has 0 unspecified atom stereocenters. The molecule has 0 spiro atoms.